The monoisotopic (exact) mass is 141 g/mol. The van der Waals surface area contributed by atoms with Gasteiger partial charge in [0.15, 0.2) is 0 Å². The molecule has 0 radical (unpaired) electrons. The van der Waals surface area contributed by atoms with Crippen molar-refractivity contribution in [3.8, 4) is 0 Å². The summed E-state index contributed by atoms with van der Waals surface area (Å²) in [6.45, 7) is 6.46. The molecule has 0 spiro atoms. The van der Waals surface area contributed by atoms with E-state index in [-0.39, 0.29) is 17.2 Å². The van der Waals surface area contributed by atoms with Crippen LogP contribution in [0.1, 0.15) is 27.2 Å². The molecule has 0 aromatic carbocycles. The van der Waals surface area contributed by atoms with Crippen LogP contribution >= 0.6 is 0 Å². The summed E-state index contributed by atoms with van der Waals surface area (Å²) in [6.07, 6.45) is 0.999. The number of amides is 1. The zero-order valence-electron chi connectivity index (χ0n) is 6.85. The first-order valence-corrected chi connectivity index (χ1v) is 3.72. The summed E-state index contributed by atoms with van der Waals surface area (Å²) in [7, 11) is 0. The van der Waals surface area contributed by atoms with Crippen molar-refractivity contribution in [2.45, 2.75) is 27.2 Å². The number of carbonyl (C=O) groups excluding carboxylic acids is 1. The normalized spacial score (nSPS) is 31.9. The molecular formula is C8H15NO. The number of hydrogen-bond donors (Lipinski definition) is 1. The van der Waals surface area contributed by atoms with Gasteiger partial charge in [-0.3, -0.25) is 4.79 Å². The van der Waals surface area contributed by atoms with Crippen LogP contribution in [-0.2, 0) is 4.79 Å². The molecule has 1 amide bonds. The molecule has 2 atom stereocenters. The lowest BCUT2D eigenvalue weighted by Crippen LogP contribution is -2.18. The van der Waals surface area contributed by atoms with E-state index in [1.54, 1.807) is 0 Å². The minimum Gasteiger partial charge on any atom is -0.369 e. The number of primary amides is 1. The van der Waals surface area contributed by atoms with Crippen molar-refractivity contribution in [2.24, 2.45) is 23.0 Å². The van der Waals surface area contributed by atoms with Crippen molar-refractivity contribution in [2.75, 3.05) is 0 Å². The van der Waals surface area contributed by atoms with Gasteiger partial charge in [-0.15, -0.1) is 0 Å². The summed E-state index contributed by atoms with van der Waals surface area (Å²) in [5, 5.41) is 0. The zero-order valence-corrected chi connectivity index (χ0v) is 6.85. The van der Waals surface area contributed by atoms with Gasteiger partial charge < -0.3 is 5.73 Å². The van der Waals surface area contributed by atoms with Crippen molar-refractivity contribution >= 4 is 5.91 Å². The molecule has 58 valence electrons. The van der Waals surface area contributed by atoms with E-state index in [9.17, 15) is 4.79 Å². The van der Waals surface area contributed by atoms with E-state index in [2.05, 4.69) is 20.8 Å². The van der Waals surface area contributed by atoms with Crippen LogP contribution in [0.25, 0.3) is 0 Å². The Morgan fingerprint density at radius 3 is 2.10 bits per heavy atom. The Balaban J connectivity index is 2.46. The second-order valence-electron chi connectivity index (χ2n) is 4.22. The first kappa shape index (κ1) is 7.58. The lowest BCUT2D eigenvalue weighted by atomic mass is 9.89. The Labute approximate surface area is 61.8 Å². The second kappa shape index (κ2) is 1.97. The number of carbonyl (C=O) groups is 1. The van der Waals surface area contributed by atoms with Gasteiger partial charge in [-0.05, 0) is 17.8 Å². The van der Waals surface area contributed by atoms with E-state index < -0.39 is 0 Å². The maximum Gasteiger partial charge on any atom is 0.220 e. The van der Waals surface area contributed by atoms with E-state index in [1.165, 1.54) is 0 Å². The van der Waals surface area contributed by atoms with E-state index in [0.717, 1.165) is 6.42 Å². The Morgan fingerprint density at radius 2 is 2.00 bits per heavy atom. The summed E-state index contributed by atoms with van der Waals surface area (Å²) < 4.78 is 0. The zero-order chi connectivity index (χ0) is 7.94. The fraction of sp³-hybridized carbons (Fsp3) is 0.875. The quantitative estimate of drug-likeness (QED) is 0.585. The van der Waals surface area contributed by atoms with Crippen molar-refractivity contribution in [3.63, 3.8) is 0 Å². The van der Waals surface area contributed by atoms with Crippen LogP contribution in [0, 0.1) is 17.3 Å². The van der Waals surface area contributed by atoms with Crippen molar-refractivity contribution in [1.82, 2.24) is 0 Å². The molecule has 2 nitrogen and oxygen atoms in total. The van der Waals surface area contributed by atoms with Gasteiger partial charge >= 0.3 is 0 Å². The standard InChI is InChI=1S/C8H15NO/c1-8(2,3)6-4-5(6)7(9)10/h5-6H,4H2,1-3H3,(H2,9,10)/t5?,6-/m1/s1. The van der Waals surface area contributed by atoms with Crippen LogP contribution in [0.15, 0.2) is 0 Å². The van der Waals surface area contributed by atoms with Gasteiger partial charge in [0.05, 0.1) is 0 Å². The molecule has 0 heterocycles. The average Bonchev–Trinajstić information content (AvgIpc) is 2.35. The fourth-order valence-electron chi connectivity index (χ4n) is 1.47. The van der Waals surface area contributed by atoms with Gasteiger partial charge in [-0.2, -0.15) is 0 Å². The predicted molar refractivity (Wildman–Crippen MR) is 40.2 cm³/mol. The first-order valence-electron chi connectivity index (χ1n) is 3.72. The van der Waals surface area contributed by atoms with Crippen LogP contribution in [0.5, 0.6) is 0 Å². The fourth-order valence-corrected chi connectivity index (χ4v) is 1.47. The maximum atomic E-state index is 10.6. The molecule has 1 aliphatic rings. The Hall–Kier alpha value is -0.530. The SMILES string of the molecule is CC(C)(C)[C@@H]1CC1C(N)=O. The third kappa shape index (κ3) is 1.31. The largest absolute Gasteiger partial charge is 0.369 e. The molecule has 0 aliphatic heterocycles. The molecule has 1 aliphatic carbocycles. The topological polar surface area (TPSA) is 43.1 Å². The molecule has 10 heavy (non-hydrogen) atoms. The molecule has 1 rings (SSSR count). The minimum absolute atomic E-state index is 0.125. The molecule has 2 heteroatoms. The molecule has 0 aromatic rings. The van der Waals surface area contributed by atoms with Gasteiger partial charge in [-0.1, -0.05) is 20.8 Å². The van der Waals surface area contributed by atoms with E-state index >= 15 is 0 Å². The third-order valence-electron chi connectivity index (χ3n) is 2.27. The van der Waals surface area contributed by atoms with Crippen LogP contribution in [0.2, 0.25) is 0 Å². The molecular weight excluding hydrogens is 126 g/mol. The first-order chi connectivity index (χ1) is 4.43. The summed E-state index contributed by atoms with van der Waals surface area (Å²) in [6, 6.07) is 0. The van der Waals surface area contributed by atoms with E-state index in [4.69, 9.17) is 5.73 Å². The Kier molecular flexibility index (Phi) is 1.50. The van der Waals surface area contributed by atoms with E-state index in [1.807, 2.05) is 0 Å². The molecule has 2 N–H and O–H groups in total. The van der Waals surface area contributed by atoms with Gasteiger partial charge in [-0.25, -0.2) is 0 Å². The average molecular weight is 141 g/mol. The number of nitrogens with two attached hydrogens (primary N) is 1. The molecule has 1 saturated carbocycles. The van der Waals surface area contributed by atoms with Gasteiger partial charge in [0.1, 0.15) is 0 Å². The molecule has 0 aromatic heterocycles. The molecule has 0 bridgehead atoms. The lowest BCUT2D eigenvalue weighted by Gasteiger charge is -2.16. The highest BCUT2D eigenvalue weighted by molar-refractivity contribution is 5.79. The van der Waals surface area contributed by atoms with Gasteiger partial charge in [0, 0.05) is 5.92 Å². The highest BCUT2D eigenvalue weighted by Gasteiger charge is 2.48. The van der Waals surface area contributed by atoms with Crippen LogP contribution < -0.4 is 5.73 Å². The van der Waals surface area contributed by atoms with Crippen LogP contribution in [0.4, 0.5) is 0 Å². The minimum atomic E-state index is -0.125. The predicted octanol–water partition coefficient (Wildman–Crippen LogP) is 1.15. The molecule has 1 fully saturated rings. The second-order valence-corrected chi connectivity index (χ2v) is 4.22. The number of rotatable bonds is 1. The summed E-state index contributed by atoms with van der Waals surface area (Å²) >= 11 is 0. The summed E-state index contributed by atoms with van der Waals surface area (Å²) in [5.41, 5.74) is 5.41. The Morgan fingerprint density at radius 1 is 1.50 bits per heavy atom. The van der Waals surface area contributed by atoms with Crippen molar-refractivity contribution < 1.29 is 4.79 Å². The molecule has 1 unspecified atom stereocenters. The number of hydrogen-bond acceptors (Lipinski definition) is 1. The van der Waals surface area contributed by atoms with Gasteiger partial charge in [0.25, 0.3) is 0 Å². The molecule has 0 saturated heterocycles. The third-order valence-corrected chi connectivity index (χ3v) is 2.27. The highest BCUT2D eigenvalue weighted by Crippen LogP contribution is 2.50. The summed E-state index contributed by atoms with van der Waals surface area (Å²) in [4.78, 5) is 10.6. The lowest BCUT2D eigenvalue weighted by molar-refractivity contribution is -0.119. The van der Waals surface area contributed by atoms with Gasteiger partial charge in [0.2, 0.25) is 5.91 Å². The van der Waals surface area contributed by atoms with Crippen LogP contribution in [0.3, 0.4) is 0 Å². The van der Waals surface area contributed by atoms with Crippen molar-refractivity contribution in [3.05, 3.63) is 0 Å². The highest BCUT2D eigenvalue weighted by atomic mass is 16.1. The van der Waals surface area contributed by atoms with E-state index in [0.29, 0.717) is 5.92 Å². The van der Waals surface area contributed by atoms with Crippen molar-refractivity contribution in [1.29, 1.82) is 0 Å². The summed E-state index contributed by atoms with van der Waals surface area (Å²) in [5.74, 6) is 0.574. The maximum absolute atomic E-state index is 10.6. The Bertz CT molecular complexity index is 157. The smallest absolute Gasteiger partial charge is 0.220 e. The van der Waals surface area contributed by atoms with Crippen LogP contribution in [-0.4, -0.2) is 5.91 Å².